The van der Waals surface area contributed by atoms with E-state index in [9.17, 15) is 0 Å². The number of likely N-dealkylation sites (tertiary alicyclic amines) is 1. The molecule has 0 amide bonds. The number of rotatable bonds is 6. The molecule has 0 radical (unpaired) electrons. The van der Waals surface area contributed by atoms with Gasteiger partial charge in [0.1, 0.15) is 0 Å². The van der Waals surface area contributed by atoms with Gasteiger partial charge in [0, 0.05) is 68.8 Å². The molecule has 3 heterocycles. The van der Waals surface area contributed by atoms with E-state index >= 15 is 0 Å². The summed E-state index contributed by atoms with van der Waals surface area (Å²) in [6, 6.07) is 4.27. The number of hydrogen-bond acceptors (Lipinski definition) is 4. The van der Waals surface area contributed by atoms with E-state index < -0.39 is 0 Å². The van der Waals surface area contributed by atoms with Crippen LogP contribution in [0.1, 0.15) is 29.7 Å². The third-order valence-corrected chi connectivity index (χ3v) is 4.93. The topological polar surface area (TPSA) is 43.2 Å². The zero-order chi connectivity index (χ0) is 16.2. The minimum absolute atomic E-state index is 0.513. The Kier molecular flexibility index (Phi) is 5.08. The van der Waals surface area contributed by atoms with Gasteiger partial charge < -0.3 is 4.74 Å². The van der Waals surface area contributed by atoms with Crippen LogP contribution in [0.3, 0.4) is 0 Å². The van der Waals surface area contributed by atoms with Crippen LogP contribution in [0.15, 0.2) is 30.7 Å². The van der Waals surface area contributed by atoms with Gasteiger partial charge in [0.15, 0.2) is 0 Å². The van der Waals surface area contributed by atoms with Crippen LogP contribution >= 0.6 is 0 Å². The van der Waals surface area contributed by atoms with Crippen molar-refractivity contribution >= 4 is 0 Å². The van der Waals surface area contributed by atoms with Crippen molar-refractivity contribution in [2.24, 2.45) is 5.92 Å². The first kappa shape index (κ1) is 16.1. The summed E-state index contributed by atoms with van der Waals surface area (Å²) in [6.07, 6.45) is 5.79. The summed E-state index contributed by atoms with van der Waals surface area (Å²) in [5.41, 5.74) is 3.98. The number of aromatic nitrogens is 3. The molecule has 0 aliphatic carbocycles. The van der Waals surface area contributed by atoms with Crippen molar-refractivity contribution in [3.63, 3.8) is 0 Å². The first-order valence-corrected chi connectivity index (χ1v) is 8.35. The van der Waals surface area contributed by atoms with E-state index in [1.54, 1.807) is 7.11 Å². The summed E-state index contributed by atoms with van der Waals surface area (Å²) < 4.78 is 7.53. The van der Waals surface area contributed by atoms with E-state index in [0.29, 0.717) is 11.8 Å². The van der Waals surface area contributed by atoms with Crippen molar-refractivity contribution in [3.05, 3.63) is 47.5 Å². The average molecular weight is 314 g/mol. The summed E-state index contributed by atoms with van der Waals surface area (Å²) >= 11 is 0. The van der Waals surface area contributed by atoms with Crippen molar-refractivity contribution in [1.29, 1.82) is 0 Å². The molecule has 1 aliphatic heterocycles. The van der Waals surface area contributed by atoms with Crippen LogP contribution in [0, 0.1) is 12.8 Å². The van der Waals surface area contributed by atoms with Crippen molar-refractivity contribution in [3.8, 4) is 0 Å². The van der Waals surface area contributed by atoms with Crippen molar-refractivity contribution in [2.75, 3.05) is 26.8 Å². The third-order valence-electron chi connectivity index (χ3n) is 4.93. The van der Waals surface area contributed by atoms with Gasteiger partial charge in [-0.05, 0) is 31.5 Å². The number of methoxy groups -OCH3 is 1. The zero-order valence-corrected chi connectivity index (χ0v) is 14.3. The Hall–Kier alpha value is -1.72. The molecule has 2 atom stereocenters. The number of pyridine rings is 1. The smallest absolute Gasteiger partial charge is 0.0537 e. The Balaban J connectivity index is 1.73. The minimum Gasteiger partial charge on any atom is -0.384 e. The lowest BCUT2D eigenvalue weighted by atomic mass is 9.90. The van der Waals surface area contributed by atoms with Crippen LogP contribution in [0.4, 0.5) is 0 Å². The van der Waals surface area contributed by atoms with E-state index in [1.165, 1.54) is 16.8 Å². The molecule has 0 unspecified atom stereocenters. The van der Waals surface area contributed by atoms with Crippen LogP contribution < -0.4 is 0 Å². The molecule has 0 N–H and O–H groups in total. The number of ether oxygens (including phenoxy) is 1. The molecule has 23 heavy (non-hydrogen) atoms. The Morgan fingerprint density at radius 3 is 2.70 bits per heavy atom. The lowest BCUT2D eigenvalue weighted by molar-refractivity contribution is 0.147. The third kappa shape index (κ3) is 3.46. The predicted octanol–water partition coefficient (Wildman–Crippen LogP) is 2.47. The van der Waals surface area contributed by atoms with Gasteiger partial charge in [-0.15, -0.1) is 0 Å². The molecule has 124 valence electrons. The molecule has 0 bridgehead atoms. The van der Waals surface area contributed by atoms with Crippen LogP contribution in [0.25, 0.3) is 0 Å². The Labute approximate surface area is 138 Å². The summed E-state index contributed by atoms with van der Waals surface area (Å²) in [4.78, 5) is 6.67. The van der Waals surface area contributed by atoms with Crippen LogP contribution in [0.2, 0.25) is 0 Å². The lowest BCUT2D eigenvalue weighted by Crippen LogP contribution is -2.21. The fraction of sp³-hybridized carbons (Fsp3) is 0.556. The molecule has 0 spiro atoms. The van der Waals surface area contributed by atoms with Gasteiger partial charge in [-0.25, -0.2) is 0 Å². The fourth-order valence-electron chi connectivity index (χ4n) is 3.66. The maximum Gasteiger partial charge on any atom is 0.0537 e. The SMILES string of the molecule is CCn1ncc(CN2C[C@@H](COC)[C@H](c3ccncc3)C2)c1C. The second-order valence-corrected chi connectivity index (χ2v) is 6.37. The number of hydrogen-bond donors (Lipinski definition) is 0. The van der Waals surface area contributed by atoms with Crippen molar-refractivity contribution in [1.82, 2.24) is 19.7 Å². The highest BCUT2D eigenvalue weighted by Crippen LogP contribution is 2.33. The van der Waals surface area contributed by atoms with Gasteiger partial charge in [0.2, 0.25) is 0 Å². The standard InChI is InChI=1S/C18H26N4O/c1-4-22-14(2)16(9-20-22)10-21-11-17(13-23-3)18(12-21)15-5-7-19-8-6-15/h5-9,17-18H,4,10-13H2,1-3H3/t17-,18-/m0/s1. The molecule has 2 aromatic rings. The molecule has 1 aliphatic rings. The van der Waals surface area contributed by atoms with E-state index in [-0.39, 0.29) is 0 Å². The molecule has 5 nitrogen and oxygen atoms in total. The summed E-state index contributed by atoms with van der Waals surface area (Å²) in [5, 5.41) is 4.47. The molecule has 2 aromatic heterocycles. The van der Waals surface area contributed by atoms with E-state index in [2.05, 4.69) is 45.6 Å². The van der Waals surface area contributed by atoms with E-state index in [4.69, 9.17) is 4.74 Å². The molecule has 1 fully saturated rings. The first-order chi connectivity index (χ1) is 11.2. The van der Waals surface area contributed by atoms with E-state index in [1.807, 2.05) is 18.6 Å². The molecular weight excluding hydrogens is 288 g/mol. The maximum absolute atomic E-state index is 5.46. The molecule has 0 aromatic carbocycles. The van der Waals surface area contributed by atoms with Crippen molar-refractivity contribution in [2.45, 2.75) is 32.9 Å². The highest BCUT2D eigenvalue weighted by molar-refractivity contribution is 5.21. The van der Waals surface area contributed by atoms with Crippen molar-refractivity contribution < 1.29 is 4.74 Å². The first-order valence-electron chi connectivity index (χ1n) is 8.35. The van der Waals surface area contributed by atoms with Gasteiger partial charge in [0.05, 0.1) is 12.8 Å². The zero-order valence-electron chi connectivity index (χ0n) is 14.3. The maximum atomic E-state index is 5.46. The highest BCUT2D eigenvalue weighted by Gasteiger charge is 2.34. The van der Waals surface area contributed by atoms with Gasteiger partial charge in [-0.2, -0.15) is 5.10 Å². The Morgan fingerprint density at radius 2 is 2.04 bits per heavy atom. The van der Waals surface area contributed by atoms with Gasteiger partial charge in [-0.1, -0.05) is 0 Å². The van der Waals surface area contributed by atoms with Crippen LogP contribution in [-0.2, 0) is 17.8 Å². The highest BCUT2D eigenvalue weighted by atomic mass is 16.5. The van der Waals surface area contributed by atoms with Crippen LogP contribution in [-0.4, -0.2) is 46.5 Å². The average Bonchev–Trinajstić information content (AvgIpc) is 3.13. The summed E-state index contributed by atoms with van der Waals surface area (Å²) in [5.74, 6) is 1.04. The normalized spacial score (nSPS) is 21.9. The van der Waals surface area contributed by atoms with E-state index in [0.717, 1.165) is 32.8 Å². The molecule has 1 saturated heterocycles. The molecule has 3 rings (SSSR count). The molecular formula is C18H26N4O. The number of aryl methyl sites for hydroxylation is 1. The lowest BCUT2D eigenvalue weighted by Gasteiger charge is -2.17. The Bertz CT molecular complexity index is 625. The number of nitrogens with zero attached hydrogens (tertiary/aromatic N) is 4. The largest absolute Gasteiger partial charge is 0.384 e. The quantitative estimate of drug-likeness (QED) is 0.821. The molecule has 0 saturated carbocycles. The monoisotopic (exact) mass is 314 g/mol. The summed E-state index contributed by atoms with van der Waals surface area (Å²) in [6.45, 7) is 9.12. The van der Waals surface area contributed by atoms with Gasteiger partial charge >= 0.3 is 0 Å². The van der Waals surface area contributed by atoms with Gasteiger partial charge in [-0.3, -0.25) is 14.6 Å². The second kappa shape index (κ2) is 7.23. The minimum atomic E-state index is 0.513. The van der Waals surface area contributed by atoms with Crippen LogP contribution in [0.5, 0.6) is 0 Å². The molecule has 5 heteroatoms. The second-order valence-electron chi connectivity index (χ2n) is 6.37. The predicted molar refractivity (Wildman–Crippen MR) is 90.3 cm³/mol. The fourth-order valence-corrected chi connectivity index (χ4v) is 3.66. The van der Waals surface area contributed by atoms with Gasteiger partial charge in [0.25, 0.3) is 0 Å². The summed E-state index contributed by atoms with van der Waals surface area (Å²) in [7, 11) is 1.79. The Morgan fingerprint density at radius 1 is 1.26 bits per heavy atom.